The van der Waals surface area contributed by atoms with Gasteiger partial charge >= 0.3 is 0 Å². The van der Waals surface area contributed by atoms with Gasteiger partial charge in [-0.05, 0) is 36.2 Å². The second kappa shape index (κ2) is 6.88. The zero-order chi connectivity index (χ0) is 17.3. The smallest absolute Gasteiger partial charge is 0.245 e. The number of hydrogen-bond donors (Lipinski definition) is 2. The lowest BCUT2D eigenvalue weighted by molar-refractivity contribution is -0.129. The molecule has 2 aromatic carbocycles. The van der Waals surface area contributed by atoms with Crippen molar-refractivity contribution in [3.05, 3.63) is 58.9 Å². The molecule has 2 unspecified atom stereocenters. The van der Waals surface area contributed by atoms with Gasteiger partial charge in [-0.25, -0.2) is 14.1 Å². The number of fused-ring (bicyclic) bond motifs is 1. The van der Waals surface area contributed by atoms with E-state index in [-0.39, 0.29) is 17.9 Å². The third-order valence-electron chi connectivity index (χ3n) is 3.85. The van der Waals surface area contributed by atoms with Crippen molar-refractivity contribution in [3.63, 3.8) is 0 Å². The van der Waals surface area contributed by atoms with Crippen molar-refractivity contribution < 1.29 is 18.6 Å². The summed E-state index contributed by atoms with van der Waals surface area (Å²) in [6, 6.07) is 11.1. The highest BCUT2D eigenvalue weighted by Gasteiger charge is 2.35. The highest BCUT2D eigenvalue weighted by atomic mass is 35.5. The van der Waals surface area contributed by atoms with Gasteiger partial charge in [0.1, 0.15) is 5.82 Å². The van der Waals surface area contributed by atoms with Crippen LogP contribution in [-0.4, -0.2) is 21.4 Å². The summed E-state index contributed by atoms with van der Waals surface area (Å²) in [6.45, 7) is 0. The van der Waals surface area contributed by atoms with Crippen LogP contribution in [0.2, 0.25) is 5.02 Å². The summed E-state index contributed by atoms with van der Waals surface area (Å²) in [5.74, 6) is -1.21. The van der Waals surface area contributed by atoms with E-state index in [0.29, 0.717) is 16.1 Å². The first-order chi connectivity index (χ1) is 11.5. The molecule has 0 aromatic heterocycles. The molecule has 0 bridgehead atoms. The first kappa shape index (κ1) is 16.9. The normalized spacial score (nSPS) is 19.7. The molecule has 126 valence electrons. The van der Waals surface area contributed by atoms with E-state index in [9.17, 15) is 13.4 Å². The molecule has 0 radical (unpaired) electrons. The van der Waals surface area contributed by atoms with Crippen molar-refractivity contribution in [1.82, 2.24) is 5.48 Å². The Hall–Kier alpha value is -1.96. The first-order valence-corrected chi connectivity index (χ1v) is 8.67. The standard InChI is InChI=1S/C16H14ClFN2O3S/c17-16-12-8-11(9-15(21)19-22)20(10-4-2-1-3-5-10)24(23)14(12)7-6-13(16)18/h1-7,11,22H,8-9H2,(H,19,21). The number of benzene rings is 2. The molecule has 5 nitrogen and oxygen atoms in total. The van der Waals surface area contributed by atoms with Crippen molar-refractivity contribution in [1.29, 1.82) is 0 Å². The van der Waals surface area contributed by atoms with Crippen molar-refractivity contribution in [2.75, 3.05) is 4.31 Å². The molecule has 2 atom stereocenters. The average Bonchev–Trinajstić information content (AvgIpc) is 2.59. The van der Waals surface area contributed by atoms with Gasteiger partial charge in [-0.15, -0.1) is 0 Å². The van der Waals surface area contributed by atoms with Crippen LogP contribution in [0.15, 0.2) is 47.4 Å². The van der Waals surface area contributed by atoms with E-state index in [1.54, 1.807) is 34.1 Å². The summed E-state index contributed by atoms with van der Waals surface area (Å²) in [7, 11) is -1.65. The Morgan fingerprint density at radius 2 is 2.04 bits per heavy atom. The Kier molecular flexibility index (Phi) is 4.84. The quantitative estimate of drug-likeness (QED) is 0.646. The Balaban J connectivity index is 2.09. The van der Waals surface area contributed by atoms with Crippen LogP contribution in [0.3, 0.4) is 0 Å². The van der Waals surface area contributed by atoms with Crippen molar-refractivity contribution in [2.24, 2.45) is 0 Å². The zero-order valence-corrected chi connectivity index (χ0v) is 14.0. The van der Waals surface area contributed by atoms with Crippen LogP contribution in [0.5, 0.6) is 0 Å². The summed E-state index contributed by atoms with van der Waals surface area (Å²) < 4.78 is 28.4. The van der Waals surface area contributed by atoms with Crippen LogP contribution in [-0.2, 0) is 22.2 Å². The molecule has 0 saturated heterocycles. The molecule has 1 aliphatic heterocycles. The molecular formula is C16H14ClFN2O3S. The number of nitrogens with zero attached hydrogens (tertiary/aromatic N) is 1. The number of hydrogen-bond acceptors (Lipinski definition) is 3. The number of carbonyl (C=O) groups excluding carboxylic acids is 1. The molecule has 0 spiro atoms. The van der Waals surface area contributed by atoms with Gasteiger partial charge in [0.05, 0.1) is 22.4 Å². The summed E-state index contributed by atoms with van der Waals surface area (Å²) in [4.78, 5) is 12.1. The average molecular weight is 369 g/mol. The molecule has 0 aliphatic carbocycles. The fraction of sp³-hybridized carbons (Fsp3) is 0.188. The first-order valence-electron chi connectivity index (χ1n) is 7.19. The van der Waals surface area contributed by atoms with E-state index in [1.165, 1.54) is 12.1 Å². The molecular weight excluding hydrogens is 355 g/mol. The maximum atomic E-state index is 13.7. The summed E-state index contributed by atoms with van der Waals surface area (Å²) in [5.41, 5.74) is 2.67. The van der Waals surface area contributed by atoms with Gasteiger partial charge in [0.2, 0.25) is 5.91 Å². The maximum Gasteiger partial charge on any atom is 0.245 e. The highest BCUT2D eigenvalue weighted by Crippen LogP contribution is 2.37. The summed E-state index contributed by atoms with van der Waals surface area (Å²) in [5, 5.41) is 8.72. The number of nitrogens with one attached hydrogen (secondary N) is 1. The lowest BCUT2D eigenvalue weighted by Gasteiger charge is -2.37. The molecule has 8 heteroatoms. The summed E-state index contributed by atoms with van der Waals surface area (Å²) >= 11 is 6.03. The third kappa shape index (κ3) is 3.02. The molecule has 3 rings (SSSR count). The predicted octanol–water partition coefficient (Wildman–Crippen LogP) is 2.83. The minimum Gasteiger partial charge on any atom is -0.289 e. The van der Waals surface area contributed by atoms with Gasteiger partial charge in [0.25, 0.3) is 0 Å². The van der Waals surface area contributed by atoms with Gasteiger partial charge in [0.15, 0.2) is 11.0 Å². The second-order valence-corrected chi connectivity index (χ2v) is 7.06. The molecule has 24 heavy (non-hydrogen) atoms. The lowest BCUT2D eigenvalue weighted by atomic mass is 10.0. The van der Waals surface area contributed by atoms with Gasteiger partial charge in [-0.3, -0.25) is 14.3 Å². The number of para-hydroxylation sites is 1. The van der Waals surface area contributed by atoms with Gasteiger partial charge in [-0.1, -0.05) is 29.8 Å². The Bertz CT molecular complexity index is 803. The van der Waals surface area contributed by atoms with Gasteiger partial charge < -0.3 is 0 Å². The monoisotopic (exact) mass is 368 g/mol. The van der Waals surface area contributed by atoms with Crippen molar-refractivity contribution in [2.45, 2.75) is 23.8 Å². The van der Waals surface area contributed by atoms with E-state index in [1.807, 2.05) is 6.07 Å². The van der Waals surface area contributed by atoms with E-state index >= 15 is 0 Å². The fourth-order valence-electron chi connectivity index (χ4n) is 2.78. The van der Waals surface area contributed by atoms with Crippen LogP contribution in [0.25, 0.3) is 0 Å². The number of amides is 1. The largest absolute Gasteiger partial charge is 0.289 e. The van der Waals surface area contributed by atoms with E-state index in [0.717, 1.165) is 0 Å². The van der Waals surface area contributed by atoms with Crippen LogP contribution in [0, 0.1) is 5.82 Å². The van der Waals surface area contributed by atoms with Crippen LogP contribution in [0.1, 0.15) is 12.0 Å². The van der Waals surface area contributed by atoms with E-state index < -0.39 is 28.8 Å². The number of halogens is 2. The number of hydroxylamine groups is 1. The number of rotatable bonds is 3. The number of anilines is 1. The second-order valence-electron chi connectivity index (χ2n) is 5.35. The molecule has 1 heterocycles. The Morgan fingerprint density at radius 1 is 1.33 bits per heavy atom. The number of carbonyl (C=O) groups is 1. The Labute approximate surface area is 145 Å². The highest BCUT2D eigenvalue weighted by molar-refractivity contribution is 7.86. The topological polar surface area (TPSA) is 69.6 Å². The molecule has 2 N–H and O–H groups in total. The zero-order valence-electron chi connectivity index (χ0n) is 12.4. The van der Waals surface area contributed by atoms with E-state index in [4.69, 9.17) is 16.8 Å². The van der Waals surface area contributed by atoms with Crippen LogP contribution in [0.4, 0.5) is 10.1 Å². The minimum atomic E-state index is -1.65. The lowest BCUT2D eigenvalue weighted by Crippen LogP contribution is -2.45. The minimum absolute atomic E-state index is 0.0806. The van der Waals surface area contributed by atoms with Gasteiger partial charge in [0, 0.05) is 5.69 Å². The van der Waals surface area contributed by atoms with Crippen molar-refractivity contribution >= 4 is 34.2 Å². The maximum absolute atomic E-state index is 13.7. The van der Waals surface area contributed by atoms with Crippen LogP contribution < -0.4 is 9.79 Å². The molecule has 1 amide bonds. The van der Waals surface area contributed by atoms with E-state index in [2.05, 4.69) is 0 Å². The molecule has 0 fully saturated rings. The molecule has 0 saturated carbocycles. The molecule has 2 aromatic rings. The SMILES string of the molecule is O=C(CC1Cc2c(ccc(F)c2Cl)S(=O)N1c1ccccc1)NO. The predicted molar refractivity (Wildman–Crippen MR) is 88.8 cm³/mol. The van der Waals surface area contributed by atoms with Gasteiger partial charge in [-0.2, -0.15) is 0 Å². The third-order valence-corrected chi connectivity index (χ3v) is 5.88. The van der Waals surface area contributed by atoms with Crippen molar-refractivity contribution in [3.8, 4) is 0 Å². The summed E-state index contributed by atoms with van der Waals surface area (Å²) in [6.07, 6.45) is 0.128. The fourth-order valence-corrected chi connectivity index (χ4v) is 4.61. The molecule has 1 aliphatic rings. The van der Waals surface area contributed by atoms with Crippen LogP contribution >= 0.6 is 11.6 Å². The Morgan fingerprint density at radius 3 is 2.71 bits per heavy atom.